The molecule has 1 saturated heterocycles. The summed E-state index contributed by atoms with van der Waals surface area (Å²) in [5.74, 6) is 0. The van der Waals surface area contributed by atoms with Gasteiger partial charge in [-0.15, -0.1) is 0 Å². The molecule has 2 aromatic carbocycles. The summed E-state index contributed by atoms with van der Waals surface area (Å²) < 4.78 is 26.2. The van der Waals surface area contributed by atoms with Crippen molar-refractivity contribution < 1.29 is 8.42 Å². The van der Waals surface area contributed by atoms with Gasteiger partial charge in [-0.1, -0.05) is 41.4 Å². The first-order valence-electron chi connectivity index (χ1n) is 8.62. The maximum absolute atomic E-state index is 13.1. The average Bonchev–Trinajstić information content (AvgIpc) is 3.10. The molecular weight excluding hydrogens is 405 g/mol. The molecule has 1 aliphatic rings. The van der Waals surface area contributed by atoms with Crippen molar-refractivity contribution in [2.45, 2.75) is 9.92 Å². The minimum Gasteiger partial charge on any atom is -0.367 e. The Labute approximate surface area is 168 Å². The maximum atomic E-state index is 13.1. The van der Waals surface area contributed by atoms with Crippen LogP contribution in [0.2, 0.25) is 10.0 Å². The molecule has 0 amide bonds. The molecule has 2 heterocycles. The minimum atomic E-state index is -3.81. The van der Waals surface area contributed by atoms with Gasteiger partial charge in [0.2, 0.25) is 9.84 Å². The van der Waals surface area contributed by atoms with Crippen LogP contribution in [0, 0.1) is 0 Å². The molecule has 0 atom stereocenters. The number of likely N-dealkylation sites (N-methyl/N-ethyl adjacent to an activating group) is 1. The first-order valence-corrected chi connectivity index (χ1v) is 10.9. The van der Waals surface area contributed by atoms with E-state index in [1.807, 2.05) is 18.2 Å². The summed E-state index contributed by atoms with van der Waals surface area (Å²) in [6.07, 6.45) is 0. The number of hydrogen-bond donors (Lipinski definition) is 1. The normalized spacial score (nSPS) is 16.2. The Morgan fingerprint density at radius 2 is 1.70 bits per heavy atom. The first-order chi connectivity index (χ1) is 12.9. The van der Waals surface area contributed by atoms with Crippen LogP contribution in [-0.4, -0.2) is 51.5 Å². The number of para-hydroxylation sites is 1. The van der Waals surface area contributed by atoms with Gasteiger partial charge in [0.15, 0.2) is 0 Å². The summed E-state index contributed by atoms with van der Waals surface area (Å²) in [6, 6.07) is 12.2. The number of aromatic nitrogens is 1. The van der Waals surface area contributed by atoms with E-state index in [0.717, 1.165) is 42.8 Å². The Balaban J connectivity index is 1.80. The van der Waals surface area contributed by atoms with E-state index in [1.54, 1.807) is 18.2 Å². The molecule has 27 heavy (non-hydrogen) atoms. The van der Waals surface area contributed by atoms with Crippen molar-refractivity contribution in [2.24, 2.45) is 0 Å². The predicted molar refractivity (Wildman–Crippen MR) is 110 cm³/mol. The Hall–Kier alpha value is -1.73. The highest BCUT2D eigenvalue weighted by molar-refractivity contribution is 7.91. The Morgan fingerprint density at radius 1 is 1.00 bits per heavy atom. The van der Waals surface area contributed by atoms with Crippen LogP contribution in [-0.2, 0) is 9.84 Å². The third-order valence-electron chi connectivity index (χ3n) is 4.95. The zero-order chi connectivity index (χ0) is 19.2. The van der Waals surface area contributed by atoms with Crippen molar-refractivity contribution in [3.8, 4) is 0 Å². The second-order valence-corrected chi connectivity index (χ2v) is 9.39. The van der Waals surface area contributed by atoms with Crippen molar-refractivity contribution in [1.29, 1.82) is 0 Å². The van der Waals surface area contributed by atoms with Crippen LogP contribution in [0.3, 0.4) is 0 Å². The molecule has 1 aromatic heterocycles. The lowest BCUT2D eigenvalue weighted by atomic mass is 10.2. The highest BCUT2D eigenvalue weighted by atomic mass is 35.5. The third-order valence-corrected chi connectivity index (χ3v) is 7.60. The van der Waals surface area contributed by atoms with Crippen LogP contribution in [0.15, 0.2) is 52.4 Å². The number of piperazine rings is 1. The summed E-state index contributed by atoms with van der Waals surface area (Å²) in [5, 5.41) is 1.22. The van der Waals surface area contributed by atoms with E-state index < -0.39 is 9.84 Å². The monoisotopic (exact) mass is 423 g/mol. The zero-order valence-electron chi connectivity index (χ0n) is 14.7. The number of halogens is 2. The molecule has 1 fully saturated rings. The highest BCUT2D eigenvalue weighted by Crippen LogP contribution is 2.35. The standard InChI is InChI=1S/C19H19Cl2N3O2S/c1-23-8-10-24(11-9-23)15-6-2-4-13-12-17(22-19(13)15)27(25,26)16-7-3-5-14(20)18(16)21/h2-7,12,22H,8-11H2,1H3. The molecular formula is C19H19Cl2N3O2S. The number of hydrogen-bond acceptors (Lipinski definition) is 4. The molecule has 0 radical (unpaired) electrons. The first kappa shape index (κ1) is 18.6. The quantitative estimate of drug-likeness (QED) is 0.689. The van der Waals surface area contributed by atoms with Crippen molar-refractivity contribution in [1.82, 2.24) is 9.88 Å². The molecule has 0 spiro atoms. The highest BCUT2D eigenvalue weighted by Gasteiger charge is 2.25. The van der Waals surface area contributed by atoms with Gasteiger partial charge in [0, 0.05) is 31.6 Å². The lowest BCUT2D eigenvalue weighted by Crippen LogP contribution is -2.44. The Kier molecular flexibility index (Phi) is 4.84. The zero-order valence-corrected chi connectivity index (χ0v) is 17.1. The van der Waals surface area contributed by atoms with Crippen molar-refractivity contribution in [3.05, 3.63) is 52.5 Å². The Bertz CT molecular complexity index is 1100. The predicted octanol–water partition coefficient (Wildman–Crippen LogP) is 4.06. The molecule has 142 valence electrons. The molecule has 0 bridgehead atoms. The summed E-state index contributed by atoms with van der Waals surface area (Å²) in [7, 11) is -1.71. The lowest BCUT2D eigenvalue weighted by Gasteiger charge is -2.34. The van der Waals surface area contributed by atoms with Crippen LogP contribution < -0.4 is 4.90 Å². The van der Waals surface area contributed by atoms with Gasteiger partial charge in [-0.05, 0) is 31.3 Å². The fraction of sp³-hybridized carbons (Fsp3) is 0.263. The van der Waals surface area contributed by atoms with Gasteiger partial charge >= 0.3 is 0 Å². The lowest BCUT2D eigenvalue weighted by molar-refractivity contribution is 0.313. The van der Waals surface area contributed by atoms with Gasteiger partial charge in [-0.3, -0.25) is 0 Å². The SMILES string of the molecule is CN1CCN(c2cccc3cc(S(=O)(=O)c4cccc(Cl)c4Cl)[nH]c23)CC1. The van der Waals surface area contributed by atoms with Gasteiger partial charge in [0.05, 0.1) is 26.1 Å². The van der Waals surface area contributed by atoms with Crippen LogP contribution in [0.4, 0.5) is 5.69 Å². The Morgan fingerprint density at radius 3 is 2.44 bits per heavy atom. The van der Waals surface area contributed by atoms with Gasteiger partial charge in [0.1, 0.15) is 5.03 Å². The van der Waals surface area contributed by atoms with Crippen LogP contribution >= 0.6 is 23.2 Å². The second kappa shape index (κ2) is 7.02. The molecule has 1 N–H and O–H groups in total. The molecule has 0 saturated carbocycles. The summed E-state index contributed by atoms with van der Waals surface area (Å²) >= 11 is 12.2. The van der Waals surface area contributed by atoms with E-state index in [9.17, 15) is 8.42 Å². The smallest absolute Gasteiger partial charge is 0.223 e. The number of rotatable bonds is 3. The fourth-order valence-electron chi connectivity index (χ4n) is 3.38. The van der Waals surface area contributed by atoms with Crippen LogP contribution in [0.5, 0.6) is 0 Å². The average molecular weight is 424 g/mol. The van der Waals surface area contributed by atoms with Crippen molar-refractivity contribution in [3.63, 3.8) is 0 Å². The number of sulfone groups is 1. The topological polar surface area (TPSA) is 56.4 Å². The van der Waals surface area contributed by atoms with E-state index in [4.69, 9.17) is 23.2 Å². The van der Waals surface area contributed by atoms with E-state index in [-0.39, 0.29) is 20.0 Å². The van der Waals surface area contributed by atoms with Gasteiger partial charge in [-0.25, -0.2) is 8.42 Å². The molecule has 5 nitrogen and oxygen atoms in total. The fourth-order valence-corrected chi connectivity index (χ4v) is 5.40. The van der Waals surface area contributed by atoms with Gasteiger partial charge in [-0.2, -0.15) is 0 Å². The number of H-pyrrole nitrogens is 1. The summed E-state index contributed by atoms with van der Waals surface area (Å²) in [6.45, 7) is 3.74. The van der Waals surface area contributed by atoms with E-state index in [0.29, 0.717) is 0 Å². The number of nitrogens with one attached hydrogen (secondary N) is 1. The van der Waals surface area contributed by atoms with Crippen molar-refractivity contribution in [2.75, 3.05) is 38.1 Å². The van der Waals surface area contributed by atoms with Crippen LogP contribution in [0.1, 0.15) is 0 Å². The summed E-state index contributed by atoms with van der Waals surface area (Å²) in [4.78, 5) is 7.68. The minimum absolute atomic E-state index is 0.00405. The van der Waals surface area contributed by atoms with Crippen molar-refractivity contribution >= 4 is 49.6 Å². The molecule has 4 rings (SSSR count). The second-order valence-electron chi connectivity index (χ2n) is 6.72. The molecule has 0 unspecified atom stereocenters. The molecule has 3 aromatic rings. The maximum Gasteiger partial charge on any atom is 0.223 e. The number of fused-ring (bicyclic) bond motifs is 1. The van der Waals surface area contributed by atoms with E-state index >= 15 is 0 Å². The van der Waals surface area contributed by atoms with E-state index in [2.05, 4.69) is 21.8 Å². The van der Waals surface area contributed by atoms with Gasteiger partial charge in [0.25, 0.3) is 0 Å². The number of aromatic amines is 1. The molecule has 0 aliphatic carbocycles. The van der Waals surface area contributed by atoms with E-state index in [1.165, 1.54) is 6.07 Å². The largest absolute Gasteiger partial charge is 0.367 e. The molecule has 8 heteroatoms. The number of benzene rings is 2. The number of nitrogens with zero attached hydrogens (tertiary/aromatic N) is 2. The number of anilines is 1. The van der Waals surface area contributed by atoms with Crippen LogP contribution in [0.25, 0.3) is 10.9 Å². The molecule has 1 aliphatic heterocycles. The third kappa shape index (κ3) is 3.31. The summed E-state index contributed by atoms with van der Waals surface area (Å²) in [5.41, 5.74) is 1.83. The van der Waals surface area contributed by atoms with Gasteiger partial charge < -0.3 is 14.8 Å².